The third kappa shape index (κ3) is 4.55. The molecule has 2 rings (SSSR count). The van der Waals surface area contributed by atoms with Gasteiger partial charge in [0.2, 0.25) is 0 Å². The summed E-state index contributed by atoms with van der Waals surface area (Å²) in [5, 5.41) is 3.00. The zero-order chi connectivity index (χ0) is 15.9. The van der Waals surface area contributed by atoms with E-state index in [0.717, 1.165) is 9.41 Å². The van der Waals surface area contributed by atoms with Crippen LogP contribution in [0, 0.1) is 0 Å². The van der Waals surface area contributed by atoms with Crippen LogP contribution >= 0.6 is 0 Å². The molecule has 0 saturated carbocycles. The maximum absolute atomic E-state index is 2.62. The molecule has 0 spiro atoms. The van der Waals surface area contributed by atoms with Gasteiger partial charge in [0.15, 0.2) is 0 Å². The van der Waals surface area contributed by atoms with Crippen LogP contribution in [0.4, 0.5) is 0 Å². The number of hydrogen-bond donors (Lipinski definition) is 0. The van der Waals surface area contributed by atoms with Gasteiger partial charge in [-0.25, -0.2) is 0 Å². The molecule has 2 heteroatoms. The molecule has 0 fully saturated rings. The van der Waals surface area contributed by atoms with Crippen LogP contribution in [-0.4, -0.2) is 29.3 Å². The summed E-state index contributed by atoms with van der Waals surface area (Å²) < 4.78 is 1.58. The number of allylic oxidation sites excluding steroid dienone is 2. The van der Waals surface area contributed by atoms with Crippen LogP contribution < -0.4 is 0 Å². The van der Waals surface area contributed by atoms with Gasteiger partial charge in [-0.05, 0) is 0 Å². The van der Waals surface area contributed by atoms with Crippen LogP contribution in [0.5, 0.6) is 0 Å². The van der Waals surface area contributed by atoms with Gasteiger partial charge in [0.25, 0.3) is 0 Å². The summed E-state index contributed by atoms with van der Waals surface area (Å²) >= 11 is -1.53. The van der Waals surface area contributed by atoms with E-state index in [4.69, 9.17) is 0 Å². The van der Waals surface area contributed by atoms with Crippen molar-refractivity contribution in [1.82, 2.24) is 0 Å². The molecule has 0 heterocycles. The molecule has 1 aromatic carbocycles. The number of hydrogen-bond acceptors (Lipinski definition) is 0. The third-order valence-electron chi connectivity index (χ3n) is 4.79. The van der Waals surface area contributed by atoms with E-state index >= 15 is 0 Å². The summed E-state index contributed by atoms with van der Waals surface area (Å²) in [7, 11) is 0. The molecule has 4 atom stereocenters. The van der Waals surface area contributed by atoms with E-state index in [1.807, 2.05) is 0 Å². The first-order valence-corrected chi connectivity index (χ1v) is 17.4. The summed E-state index contributed by atoms with van der Waals surface area (Å²) in [6.07, 6.45) is 10.8. The van der Waals surface area contributed by atoms with E-state index in [-0.39, 0.29) is 0 Å². The molecule has 1 aliphatic rings. The average molecular weight is 422 g/mol. The second kappa shape index (κ2) is 9.39. The molecule has 0 amide bonds. The fraction of sp³-hybridized carbons (Fsp3) is 0.600. The van der Waals surface area contributed by atoms with Crippen molar-refractivity contribution in [2.75, 3.05) is 0 Å². The predicted molar refractivity (Wildman–Crippen MR) is 104 cm³/mol. The normalized spacial score (nSPS) is 23.1. The van der Waals surface area contributed by atoms with E-state index in [1.54, 1.807) is 11.1 Å². The second-order valence-corrected chi connectivity index (χ2v) is 17.1. The molecule has 0 nitrogen and oxygen atoms in total. The monoisotopic (exact) mass is 422 g/mol. The van der Waals surface area contributed by atoms with Gasteiger partial charge in [0, 0.05) is 0 Å². The molecule has 0 aliphatic heterocycles. The van der Waals surface area contributed by atoms with E-state index in [9.17, 15) is 0 Å². The van der Waals surface area contributed by atoms with Gasteiger partial charge in [-0.3, -0.25) is 0 Å². The first kappa shape index (κ1) is 18.4. The third-order valence-corrected chi connectivity index (χ3v) is 14.9. The number of benzene rings is 1. The van der Waals surface area contributed by atoms with Crippen molar-refractivity contribution in [3.63, 3.8) is 0 Å². The molecular formula is C20H32As2+2. The van der Waals surface area contributed by atoms with Crippen LogP contribution in [0.1, 0.15) is 60.1 Å². The molecule has 4 unspecified atom stereocenters. The van der Waals surface area contributed by atoms with Crippen LogP contribution in [0.2, 0.25) is 21.8 Å². The van der Waals surface area contributed by atoms with Crippen molar-refractivity contribution in [2.24, 2.45) is 0 Å². The number of rotatable bonds is 8. The Kier molecular flexibility index (Phi) is 7.86. The van der Waals surface area contributed by atoms with Crippen molar-refractivity contribution in [2.45, 2.75) is 70.8 Å². The van der Waals surface area contributed by atoms with Crippen molar-refractivity contribution in [3.8, 4) is 0 Å². The SMILES string of the molecule is CCCC[As+](C)C1C=CC([As+](C)CCCC)c2ccccc21. The van der Waals surface area contributed by atoms with Gasteiger partial charge in [0.1, 0.15) is 0 Å². The van der Waals surface area contributed by atoms with Crippen LogP contribution in [0.25, 0.3) is 0 Å². The van der Waals surface area contributed by atoms with Crippen LogP contribution in [0.15, 0.2) is 36.4 Å². The minimum atomic E-state index is -0.763. The van der Waals surface area contributed by atoms with Crippen LogP contribution in [-0.2, 0) is 0 Å². The first-order valence-electron chi connectivity index (χ1n) is 8.86. The molecule has 22 heavy (non-hydrogen) atoms. The van der Waals surface area contributed by atoms with E-state index < -0.39 is 29.3 Å². The first-order chi connectivity index (χ1) is 10.7. The molecule has 1 aromatic rings. The molecule has 0 N–H and O–H groups in total. The molecule has 120 valence electrons. The topological polar surface area (TPSA) is 0 Å². The Bertz CT molecular complexity index is 437. The van der Waals surface area contributed by atoms with Crippen molar-refractivity contribution < 1.29 is 0 Å². The Morgan fingerprint density at radius 1 is 0.773 bits per heavy atom. The second-order valence-electron chi connectivity index (χ2n) is 6.57. The summed E-state index contributed by atoms with van der Waals surface area (Å²) in [6.45, 7) is 4.65. The minimum absolute atomic E-state index is 0.763. The Morgan fingerprint density at radius 2 is 1.18 bits per heavy atom. The van der Waals surface area contributed by atoms with Crippen LogP contribution in [0.3, 0.4) is 0 Å². The van der Waals surface area contributed by atoms with E-state index in [1.165, 1.54) is 36.1 Å². The molecule has 0 saturated heterocycles. The molecular weight excluding hydrogens is 390 g/mol. The Balaban J connectivity index is 2.19. The quantitative estimate of drug-likeness (QED) is 0.338. The maximum atomic E-state index is 2.62. The summed E-state index contributed by atoms with van der Waals surface area (Å²) in [5.74, 6) is 0. The Labute approximate surface area is 147 Å². The number of unbranched alkanes of at least 4 members (excludes halogenated alkanes) is 2. The average Bonchev–Trinajstić information content (AvgIpc) is 2.56. The van der Waals surface area contributed by atoms with Gasteiger partial charge in [0.05, 0.1) is 0 Å². The fourth-order valence-electron chi connectivity index (χ4n) is 3.33. The van der Waals surface area contributed by atoms with Gasteiger partial charge in [-0.1, -0.05) is 0 Å². The number of fused-ring (bicyclic) bond motifs is 1. The fourth-order valence-corrected chi connectivity index (χ4v) is 12.5. The van der Waals surface area contributed by atoms with Gasteiger partial charge >= 0.3 is 148 Å². The summed E-state index contributed by atoms with van der Waals surface area (Å²) in [5.41, 5.74) is 8.58. The van der Waals surface area contributed by atoms with E-state index in [2.05, 4.69) is 61.7 Å². The Morgan fingerprint density at radius 3 is 1.55 bits per heavy atom. The van der Waals surface area contributed by atoms with Gasteiger partial charge in [-0.15, -0.1) is 0 Å². The standard InChI is InChI=1S/C20H32As2/c1-5-7-15-21(3)19-13-14-20(22(4)16-8-6-2)18-12-10-9-11-17(18)19/h9-14,19-20H,5-8,15-16H2,1-4H3/q+2. The van der Waals surface area contributed by atoms with Crippen molar-refractivity contribution in [1.29, 1.82) is 0 Å². The zero-order valence-electron chi connectivity index (χ0n) is 14.8. The Hall–Kier alpha value is 0.0769. The van der Waals surface area contributed by atoms with Crippen molar-refractivity contribution in [3.05, 3.63) is 47.5 Å². The molecule has 0 aromatic heterocycles. The molecule has 0 bridgehead atoms. The van der Waals surface area contributed by atoms with E-state index in [0.29, 0.717) is 0 Å². The molecule has 2 radical (unpaired) electrons. The predicted octanol–water partition coefficient (Wildman–Crippen LogP) is 6.35. The summed E-state index contributed by atoms with van der Waals surface area (Å²) in [4.78, 5) is 0. The zero-order valence-corrected chi connectivity index (χ0v) is 18.5. The van der Waals surface area contributed by atoms with Crippen molar-refractivity contribution >= 4 is 29.3 Å². The summed E-state index contributed by atoms with van der Waals surface area (Å²) in [6, 6.07) is 9.41. The molecule has 1 aliphatic carbocycles. The van der Waals surface area contributed by atoms with Gasteiger partial charge < -0.3 is 0 Å². The van der Waals surface area contributed by atoms with Gasteiger partial charge in [-0.2, -0.15) is 0 Å².